The van der Waals surface area contributed by atoms with Crippen LogP contribution in [-0.2, 0) is 12.4 Å². The van der Waals surface area contributed by atoms with Crippen molar-refractivity contribution in [3.8, 4) is 22.5 Å². The molecule has 0 aliphatic rings. The summed E-state index contributed by atoms with van der Waals surface area (Å²) in [7, 11) is 0. The Labute approximate surface area is 294 Å². The molecule has 0 radical (unpaired) electrons. The Hall–Kier alpha value is -6.01. The van der Waals surface area contributed by atoms with Crippen LogP contribution < -0.4 is 0 Å². The molecule has 0 saturated carbocycles. The minimum Gasteiger partial charge on any atom is -0.308 e. The number of hydrogen-bond acceptors (Lipinski definition) is 0. The van der Waals surface area contributed by atoms with Gasteiger partial charge in [0.25, 0.3) is 0 Å². The molecule has 0 aliphatic heterocycles. The standard InChI is InChI=1S/C43H29F6N3/c1-23-11-6-15-28-29-16-7-12-24(2)39(29)51(38(23)28)34-21-27(36-32(42(44,45)46)19-10-20-33(36)50-5)22-35(37(34)43(47,48)49)52-40-25(3)13-8-17-30(40)31-18-9-14-26(4)41(31)52/h6-22H,1-4H3. The molecule has 258 valence electrons. The van der Waals surface area contributed by atoms with Gasteiger partial charge in [-0.1, -0.05) is 91.0 Å². The fourth-order valence-electron chi connectivity index (χ4n) is 7.97. The molecule has 0 atom stereocenters. The highest BCUT2D eigenvalue weighted by atomic mass is 19.4. The molecule has 52 heavy (non-hydrogen) atoms. The number of hydrogen-bond donors (Lipinski definition) is 0. The number of fused-ring (bicyclic) bond motifs is 6. The molecule has 0 bridgehead atoms. The highest BCUT2D eigenvalue weighted by Gasteiger charge is 2.41. The average Bonchev–Trinajstić information content (AvgIpc) is 3.63. The van der Waals surface area contributed by atoms with Gasteiger partial charge < -0.3 is 9.13 Å². The van der Waals surface area contributed by atoms with E-state index in [1.165, 1.54) is 18.2 Å². The van der Waals surface area contributed by atoms with Crippen LogP contribution in [0.3, 0.4) is 0 Å². The quantitative estimate of drug-likeness (QED) is 0.129. The van der Waals surface area contributed by atoms with Crippen molar-refractivity contribution in [2.45, 2.75) is 40.0 Å². The fraction of sp³-hybridized carbons (Fsp3) is 0.140. The van der Waals surface area contributed by atoms with Gasteiger partial charge in [-0.25, -0.2) is 4.85 Å². The van der Waals surface area contributed by atoms with Crippen LogP contribution in [0.5, 0.6) is 0 Å². The summed E-state index contributed by atoms with van der Waals surface area (Å²) in [6.45, 7) is 15.1. The topological polar surface area (TPSA) is 14.2 Å². The number of alkyl halides is 6. The Morgan fingerprint density at radius 1 is 0.500 bits per heavy atom. The molecular weight excluding hydrogens is 672 g/mol. The van der Waals surface area contributed by atoms with Crippen molar-refractivity contribution in [1.29, 1.82) is 0 Å². The van der Waals surface area contributed by atoms with Gasteiger partial charge in [-0.2, -0.15) is 26.3 Å². The minimum atomic E-state index is -4.99. The molecule has 0 spiro atoms. The fourth-order valence-corrected chi connectivity index (χ4v) is 7.97. The smallest absolute Gasteiger partial charge is 0.308 e. The van der Waals surface area contributed by atoms with E-state index >= 15 is 13.2 Å². The van der Waals surface area contributed by atoms with Crippen molar-refractivity contribution >= 4 is 49.3 Å². The van der Waals surface area contributed by atoms with E-state index < -0.39 is 29.0 Å². The van der Waals surface area contributed by atoms with E-state index in [1.807, 2.05) is 48.5 Å². The molecule has 9 heteroatoms. The van der Waals surface area contributed by atoms with Crippen molar-refractivity contribution in [3.63, 3.8) is 0 Å². The number of halogens is 6. The molecule has 8 rings (SSSR count). The first-order chi connectivity index (χ1) is 24.7. The summed E-state index contributed by atoms with van der Waals surface area (Å²) < 4.78 is 96.1. The molecule has 0 saturated heterocycles. The average molecular weight is 702 g/mol. The van der Waals surface area contributed by atoms with E-state index in [-0.39, 0.29) is 22.6 Å². The summed E-state index contributed by atoms with van der Waals surface area (Å²) in [5.41, 5.74) is 1.01. The van der Waals surface area contributed by atoms with Crippen molar-refractivity contribution in [1.82, 2.24) is 9.13 Å². The Balaban J connectivity index is 1.70. The van der Waals surface area contributed by atoms with E-state index in [0.29, 0.717) is 65.9 Å². The number of aryl methyl sites for hydroxylation is 4. The molecule has 2 aromatic heterocycles. The first-order valence-corrected chi connectivity index (χ1v) is 16.5. The maximum atomic E-state index is 16.2. The predicted octanol–water partition coefficient (Wildman–Crippen LogP) is 13.4. The zero-order chi connectivity index (χ0) is 36.9. The van der Waals surface area contributed by atoms with Crippen LogP contribution in [0.15, 0.2) is 103 Å². The van der Waals surface area contributed by atoms with Crippen LogP contribution in [0, 0.1) is 34.3 Å². The van der Waals surface area contributed by atoms with E-state index in [1.54, 1.807) is 61.1 Å². The lowest BCUT2D eigenvalue weighted by atomic mass is 9.93. The van der Waals surface area contributed by atoms with Crippen molar-refractivity contribution in [2.24, 2.45) is 0 Å². The SMILES string of the molecule is [C-]#[N+]c1cccc(C(F)(F)F)c1-c1cc(-n2c3c(C)cccc3c3cccc(C)c32)c(C(F)(F)F)c(-n2c3c(C)cccc3c3cccc(C)c32)c1. The number of aromatic nitrogens is 2. The Morgan fingerprint density at radius 2 is 0.865 bits per heavy atom. The summed E-state index contributed by atoms with van der Waals surface area (Å²) in [4.78, 5) is 3.45. The normalized spacial score (nSPS) is 12.4. The summed E-state index contributed by atoms with van der Waals surface area (Å²) >= 11 is 0. The third-order valence-corrected chi connectivity index (χ3v) is 10.0. The first-order valence-electron chi connectivity index (χ1n) is 16.5. The molecular formula is C43H29F6N3. The van der Waals surface area contributed by atoms with Gasteiger partial charge in [0.1, 0.15) is 5.56 Å². The van der Waals surface area contributed by atoms with Crippen molar-refractivity contribution < 1.29 is 26.3 Å². The van der Waals surface area contributed by atoms with Crippen LogP contribution >= 0.6 is 0 Å². The van der Waals surface area contributed by atoms with Gasteiger partial charge in [0, 0.05) is 21.5 Å². The molecule has 0 N–H and O–H groups in total. The second kappa shape index (κ2) is 11.5. The number of rotatable bonds is 3. The lowest BCUT2D eigenvalue weighted by Crippen LogP contribution is -2.17. The Morgan fingerprint density at radius 3 is 1.19 bits per heavy atom. The Kier molecular flexibility index (Phi) is 7.33. The molecule has 6 aromatic carbocycles. The van der Waals surface area contributed by atoms with Crippen LogP contribution in [0.4, 0.5) is 32.0 Å². The summed E-state index contributed by atoms with van der Waals surface area (Å²) in [5, 5.41) is 2.83. The summed E-state index contributed by atoms with van der Waals surface area (Å²) in [6.07, 6.45) is -9.89. The molecule has 2 heterocycles. The van der Waals surface area contributed by atoms with Gasteiger partial charge in [-0.05, 0) is 73.2 Å². The molecule has 0 unspecified atom stereocenters. The lowest BCUT2D eigenvalue weighted by molar-refractivity contribution is -0.138. The van der Waals surface area contributed by atoms with Crippen LogP contribution in [0.2, 0.25) is 0 Å². The third kappa shape index (κ3) is 4.81. The summed E-state index contributed by atoms with van der Waals surface area (Å²) in [6, 6.07) is 27.6. The molecule has 0 aliphatic carbocycles. The van der Waals surface area contributed by atoms with E-state index in [2.05, 4.69) is 4.85 Å². The van der Waals surface area contributed by atoms with Gasteiger partial charge in [0.15, 0.2) is 5.69 Å². The van der Waals surface area contributed by atoms with Gasteiger partial charge >= 0.3 is 12.4 Å². The molecule has 0 amide bonds. The van der Waals surface area contributed by atoms with Gasteiger partial charge in [-0.15, -0.1) is 0 Å². The van der Waals surface area contributed by atoms with Crippen molar-refractivity contribution in [3.05, 3.63) is 148 Å². The second-order valence-electron chi connectivity index (χ2n) is 13.3. The predicted molar refractivity (Wildman–Crippen MR) is 196 cm³/mol. The molecule has 8 aromatic rings. The molecule has 3 nitrogen and oxygen atoms in total. The van der Waals surface area contributed by atoms with E-state index in [9.17, 15) is 13.2 Å². The van der Waals surface area contributed by atoms with Crippen LogP contribution in [-0.4, -0.2) is 9.13 Å². The Bertz CT molecular complexity index is 2560. The first kappa shape index (κ1) is 33.2. The lowest BCUT2D eigenvalue weighted by Gasteiger charge is -2.25. The highest BCUT2D eigenvalue weighted by Crippen LogP contribution is 2.50. The van der Waals surface area contributed by atoms with E-state index in [0.717, 1.165) is 12.1 Å². The minimum absolute atomic E-state index is 0.161. The largest absolute Gasteiger partial charge is 0.420 e. The van der Waals surface area contributed by atoms with Gasteiger partial charge in [-0.3, -0.25) is 0 Å². The number of para-hydroxylation sites is 4. The summed E-state index contributed by atoms with van der Waals surface area (Å²) in [5.74, 6) is 0. The second-order valence-corrected chi connectivity index (χ2v) is 13.3. The monoisotopic (exact) mass is 701 g/mol. The zero-order valence-corrected chi connectivity index (χ0v) is 28.4. The number of nitrogens with zero attached hydrogens (tertiary/aromatic N) is 3. The highest BCUT2D eigenvalue weighted by molar-refractivity contribution is 6.13. The van der Waals surface area contributed by atoms with Crippen LogP contribution in [0.25, 0.3) is 71.0 Å². The number of benzene rings is 6. The van der Waals surface area contributed by atoms with Crippen LogP contribution in [0.1, 0.15) is 33.4 Å². The zero-order valence-electron chi connectivity index (χ0n) is 28.4. The maximum Gasteiger partial charge on any atom is 0.420 e. The molecule has 0 fully saturated rings. The van der Waals surface area contributed by atoms with Gasteiger partial charge in [0.05, 0.1) is 45.6 Å². The van der Waals surface area contributed by atoms with Gasteiger partial charge in [0.2, 0.25) is 0 Å². The maximum absolute atomic E-state index is 16.2. The van der Waals surface area contributed by atoms with Crippen molar-refractivity contribution in [2.75, 3.05) is 0 Å². The third-order valence-electron chi connectivity index (χ3n) is 10.0. The van der Waals surface area contributed by atoms with E-state index in [4.69, 9.17) is 6.57 Å².